The zero-order valence-corrected chi connectivity index (χ0v) is 10.0. The molecule has 1 aromatic carbocycles. The van der Waals surface area contributed by atoms with Crippen molar-refractivity contribution in [2.45, 2.75) is 19.8 Å². The lowest BCUT2D eigenvalue weighted by Crippen LogP contribution is -2.10. The first-order valence-electron chi connectivity index (χ1n) is 5.58. The molecule has 17 heavy (non-hydrogen) atoms. The van der Waals surface area contributed by atoms with Crippen LogP contribution < -0.4 is 5.73 Å². The first-order valence-corrected chi connectivity index (χ1v) is 5.58. The number of aromatic nitrogens is 2. The second-order valence-corrected chi connectivity index (χ2v) is 4.30. The Balaban J connectivity index is 2.30. The van der Waals surface area contributed by atoms with Gasteiger partial charge in [0.15, 0.2) is 0 Å². The van der Waals surface area contributed by atoms with Gasteiger partial charge in [-0.2, -0.15) is 5.10 Å². The monoisotopic (exact) mass is 228 g/mol. The van der Waals surface area contributed by atoms with Crippen LogP contribution >= 0.6 is 0 Å². The van der Waals surface area contributed by atoms with E-state index >= 15 is 0 Å². The molecule has 0 fully saturated rings. The molecule has 4 nitrogen and oxygen atoms in total. The Kier molecular flexibility index (Phi) is 2.95. The Bertz CT molecular complexity index is 523. The van der Waals surface area contributed by atoms with E-state index in [-0.39, 0.29) is 5.84 Å². The SMILES string of the molecule is CC(C)c1ccn(-c2ccc(C(=N)N)cc2)n1. The Hall–Kier alpha value is -2.10. The minimum Gasteiger partial charge on any atom is -0.384 e. The lowest BCUT2D eigenvalue weighted by Gasteiger charge is -2.03. The molecule has 0 amide bonds. The summed E-state index contributed by atoms with van der Waals surface area (Å²) in [6, 6.07) is 9.49. The van der Waals surface area contributed by atoms with Crippen LogP contribution in [0.15, 0.2) is 36.5 Å². The summed E-state index contributed by atoms with van der Waals surface area (Å²) in [6.07, 6.45) is 1.94. The lowest BCUT2D eigenvalue weighted by atomic mass is 10.1. The van der Waals surface area contributed by atoms with Crippen LogP contribution in [-0.4, -0.2) is 15.6 Å². The van der Waals surface area contributed by atoms with Crippen molar-refractivity contribution in [2.75, 3.05) is 0 Å². The van der Waals surface area contributed by atoms with E-state index in [0.717, 1.165) is 16.9 Å². The molecule has 2 aromatic rings. The molecule has 0 unspecified atom stereocenters. The molecule has 0 bridgehead atoms. The van der Waals surface area contributed by atoms with Crippen molar-refractivity contribution in [3.05, 3.63) is 47.8 Å². The van der Waals surface area contributed by atoms with Crippen LogP contribution in [0.5, 0.6) is 0 Å². The minimum atomic E-state index is 0.0832. The average Bonchev–Trinajstić information content (AvgIpc) is 2.78. The third-order valence-electron chi connectivity index (χ3n) is 2.64. The highest BCUT2D eigenvalue weighted by molar-refractivity contribution is 5.95. The van der Waals surface area contributed by atoms with Crippen LogP contribution in [-0.2, 0) is 0 Å². The van der Waals surface area contributed by atoms with Crippen LogP contribution in [0.25, 0.3) is 5.69 Å². The van der Waals surface area contributed by atoms with E-state index in [4.69, 9.17) is 11.1 Å². The number of nitrogen functional groups attached to an aromatic ring is 1. The maximum atomic E-state index is 7.33. The van der Waals surface area contributed by atoms with Crippen molar-refractivity contribution in [1.29, 1.82) is 5.41 Å². The Morgan fingerprint density at radius 2 is 1.88 bits per heavy atom. The van der Waals surface area contributed by atoms with E-state index in [1.54, 1.807) is 0 Å². The molecule has 2 rings (SSSR count). The van der Waals surface area contributed by atoms with Gasteiger partial charge in [0.05, 0.1) is 11.4 Å². The van der Waals surface area contributed by atoms with Gasteiger partial charge in [0.2, 0.25) is 0 Å². The molecule has 0 radical (unpaired) electrons. The van der Waals surface area contributed by atoms with Crippen molar-refractivity contribution in [2.24, 2.45) is 5.73 Å². The lowest BCUT2D eigenvalue weighted by molar-refractivity contribution is 0.768. The first kappa shape index (κ1) is 11.4. The average molecular weight is 228 g/mol. The number of nitrogens with one attached hydrogen (secondary N) is 1. The Morgan fingerprint density at radius 3 is 2.35 bits per heavy atom. The van der Waals surface area contributed by atoms with Gasteiger partial charge in [-0.15, -0.1) is 0 Å². The van der Waals surface area contributed by atoms with Gasteiger partial charge in [0.1, 0.15) is 5.84 Å². The molecule has 0 aliphatic rings. The van der Waals surface area contributed by atoms with E-state index in [2.05, 4.69) is 18.9 Å². The summed E-state index contributed by atoms with van der Waals surface area (Å²) in [4.78, 5) is 0. The van der Waals surface area contributed by atoms with E-state index in [0.29, 0.717) is 5.92 Å². The van der Waals surface area contributed by atoms with E-state index in [1.807, 2.05) is 41.2 Å². The van der Waals surface area contributed by atoms with Crippen LogP contribution in [0.1, 0.15) is 31.0 Å². The fourth-order valence-electron chi connectivity index (χ4n) is 1.58. The highest BCUT2D eigenvalue weighted by atomic mass is 15.3. The van der Waals surface area contributed by atoms with Crippen molar-refractivity contribution in [3.63, 3.8) is 0 Å². The number of hydrogen-bond acceptors (Lipinski definition) is 2. The second kappa shape index (κ2) is 4.41. The molecule has 0 saturated heterocycles. The van der Waals surface area contributed by atoms with Crippen molar-refractivity contribution in [1.82, 2.24) is 9.78 Å². The van der Waals surface area contributed by atoms with Crippen molar-refractivity contribution < 1.29 is 0 Å². The third kappa shape index (κ3) is 2.36. The van der Waals surface area contributed by atoms with E-state index in [1.165, 1.54) is 0 Å². The molecule has 88 valence electrons. The maximum Gasteiger partial charge on any atom is 0.122 e. The summed E-state index contributed by atoms with van der Waals surface area (Å²) in [5, 5.41) is 11.8. The van der Waals surface area contributed by atoms with Gasteiger partial charge in [0.25, 0.3) is 0 Å². The predicted octanol–water partition coefficient (Wildman–Crippen LogP) is 2.28. The van der Waals surface area contributed by atoms with Gasteiger partial charge in [-0.25, -0.2) is 4.68 Å². The molecule has 0 spiro atoms. The molecular formula is C13H16N4. The van der Waals surface area contributed by atoms with E-state index < -0.39 is 0 Å². The predicted molar refractivity (Wildman–Crippen MR) is 68.7 cm³/mol. The second-order valence-electron chi connectivity index (χ2n) is 4.30. The highest BCUT2D eigenvalue weighted by Crippen LogP contribution is 2.14. The number of rotatable bonds is 3. The highest BCUT2D eigenvalue weighted by Gasteiger charge is 2.05. The minimum absolute atomic E-state index is 0.0832. The number of benzene rings is 1. The Morgan fingerprint density at radius 1 is 1.24 bits per heavy atom. The van der Waals surface area contributed by atoms with Gasteiger partial charge in [-0.05, 0) is 36.2 Å². The normalized spacial score (nSPS) is 10.8. The number of nitrogens with two attached hydrogens (primary N) is 1. The van der Waals surface area contributed by atoms with Crippen molar-refractivity contribution >= 4 is 5.84 Å². The maximum absolute atomic E-state index is 7.33. The molecule has 0 saturated carbocycles. The quantitative estimate of drug-likeness (QED) is 0.625. The summed E-state index contributed by atoms with van der Waals surface area (Å²) in [5.74, 6) is 0.507. The van der Waals surface area contributed by atoms with E-state index in [9.17, 15) is 0 Å². The molecule has 0 aliphatic carbocycles. The molecule has 1 heterocycles. The van der Waals surface area contributed by atoms with Crippen LogP contribution in [0.3, 0.4) is 0 Å². The fraction of sp³-hybridized carbons (Fsp3) is 0.231. The number of nitrogens with zero attached hydrogens (tertiary/aromatic N) is 2. The molecule has 0 atom stereocenters. The summed E-state index contributed by atoms with van der Waals surface area (Å²) in [5.41, 5.74) is 8.18. The first-order chi connectivity index (χ1) is 8.08. The van der Waals surface area contributed by atoms with Crippen molar-refractivity contribution in [3.8, 4) is 5.69 Å². The van der Waals surface area contributed by atoms with Crippen LogP contribution in [0.4, 0.5) is 0 Å². The van der Waals surface area contributed by atoms with Gasteiger partial charge in [-0.1, -0.05) is 13.8 Å². The molecule has 1 aromatic heterocycles. The Labute approximate surface area is 101 Å². The fourth-order valence-corrected chi connectivity index (χ4v) is 1.58. The third-order valence-corrected chi connectivity index (χ3v) is 2.64. The van der Waals surface area contributed by atoms with Crippen LogP contribution in [0, 0.1) is 5.41 Å². The van der Waals surface area contributed by atoms with Gasteiger partial charge < -0.3 is 5.73 Å². The number of amidine groups is 1. The molecule has 0 aliphatic heterocycles. The summed E-state index contributed by atoms with van der Waals surface area (Å²) < 4.78 is 1.83. The zero-order chi connectivity index (χ0) is 12.4. The van der Waals surface area contributed by atoms with Gasteiger partial charge in [-0.3, -0.25) is 5.41 Å². The largest absolute Gasteiger partial charge is 0.384 e. The standard InChI is InChI=1S/C13H16N4/c1-9(2)12-7-8-17(16-12)11-5-3-10(4-6-11)13(14)15/h3-9H,1-2H3,(H3,14,15). The molecule has 4 heteroatoms. The topological polar surface area (TPSA) is 67.7 Å². The summed E-state index contributed by atoms with van der Waals surface area (Å²) in [7, 11) is 0. The van der Waals surface area contributed by atoms with Gasteiger partial charge >= 0.3 is 0 Å². The van der Waals surface area contributed by atoms with Gasteiger partial charge in [0, 0.05) is 11.8 Å². The smallest absolute Gasteiger partial charge is 0.122 e. The summed E-state index contributed by atoms with van der Waals surface area (Å²) in [6.45, 7) is 4.23. The summed E-state index contributed by atoms with van der Waals surface area (Å²) >= 11 is 0. The number of hydrogen-bond donors (Lipinski definition) is 2. The molecular weight excluding hydrogens is 212 g/mol. The molecule has 3 N–H and O–H groups in total. The van der Waals surface area contributed by atoms with Crippen LogP contribution in [0.2, 0.25) is 0 Å². The zero-order valence-electron chi connectivity index (χ0n) is 10.0.